The minimum absolute atomic E-state index is 0.0982. The van der Waals surface area contributed by atoms with Gasteiger partial charge < -0.3 is 10.1 Å². The van der Waals surface area contributed by atoms with Gasteiger partial charge in [0.15, 0.2) is 0 Å². The third kappa shape index (κ3) is 6.39. The van der Waals surface area contributed by atoms with Crippen molar-refractivity contribution in [3.05, 3.63) is 124 Å². The minimum atomic E-state index is -3.91. The molecule has 0 spiro atoms. The maximum absolute atomic E-state index is 13.8. The third-order valence-electron chi connectivity index (χ3n) is 5.87. The molecule has 0 saturated carbocycles. The zero-order valence-corrected chi connectivity index (χ0v) is 22.9. The van der Waals surface area contributed by atoms with Gasteiger partial charge in [-0.1, -0.05) is 60.2 Å². The molecule has 6 nitrogen and oxygen atoms in total. The molecule has 0 aliphatic rings. The number of rotatable bonds is 9. The van der Waals surface area contributed by atoms with Gasteiger partial charge >= 0.3 is 0 Å². The molecule has 0 radical (unpaired) electrons. The van der Waals surface area contributed by atoms with Crippen LogP contribution in [0.1, 0.15) is 27.0 Å². The molecule has 1 amide bonds. The van der Waals surface area contributed by atoms with Gasteiger partial charge in [0, 0.05) is 12.1 Å². The Kier molecular flexibility index (Phi) is 8.31. The number of hydrogen-bond acceptors (Lipinski definition) is 4. The van der Waals surface area contributed by atoms with Crippen molar-refractivity contribution in [2.45, 2.75) is 24.9 Å². The van der Waals surface area contributed by atoms with Crippen LogP contribution in [0.5, 0.6) is 5.75 Å². The van der Waals surface area contributed by atoms with Crippen LogP contribution in [0.2, 0.25) is 0 Å². The van der Waals surface area contributed by atoms with Crippen LogP contribution in [-0.4, -0.2) is 21.4 Å². The fraction of sp³-hybridized carbons (Fsp3) is 0.138. The second kappa shape index (κ2) is 11.6. The number of carbonyl (C=O) groups is 1. The summed E-state index contributed by atoms with van der Waals surface area (Å²) in [5.74, 6) is 0.350. The van der Waals surface area contributed by atoms with Gasteiger partial charge in [0.05, 0.1) is 28.7 Å². The quantitative estimate of drug-likeness (QED) is 0.260. The van der Waals surface area contributed by atoms with Crippen LogP contribution in [0.25, 0.3) is 0 Å². The van der Waals surface area contributed by atoms with E-state index >= 15 is 0 Å². The summed E-state index contributed by atoms with van der Waals surface area (Å²) in [4.78, 5) is 12.7. The third-order valence-corrected chi connectivity index (χ3v) is 8.26. The molecule has 0 bridgehead atoms. The van der Waals surface area contributed by atoms with E-state index < -0.39 is 10.0 Å². The number of carbonyl (C=O) groups excluding carboxylic acids is 1. The molecule has 0 atom stereocenters. The molecule has 0 fully saturated rings. The second-order valence-corrected chi connectivity index (χ2v) is 11.2. The molecule has 0 unspecified atom stereocenters. The van der Waals surface area contributed by atoms with E-state index in [2.05, 4.69) is 21.2 Å². The van der Waals surface area contributed by atoms with E-state index in [0.29, 0.717) is 28.0 Å². The Bertz CT molecular complexity index is 1470. The molecule has 4 aromatic rings. The first-order valence-electron chi connectivity index (χ1n) is 11.6. The Morgan fingerprint density at radius 2 is 1.57 bits per heavy atom. The topological polar surface area (TPSA) is 75.7 Å². The predicted octanol–water partition coefficient (Wildman–Crippen LogP) is 6.09. The van der Waals surface area contributed by atoms with E-state index in [9.17, 15) is 13.2 Å². The Balaban J connectivity index is 1.58. The zero-order valence-electron chi connectivity index (χ0n) is 20.5. The van der Waals surface area contributed by atoms with E-state index in [-0.39, 0.29) is 17.3 Å². The van der Waals surface area contributed by atoms with Gasteiger partial charge in [-0.15, -0.1) is 0 Å². The van der Waals surface area contributed by atoms with E-state index in [0.717, 1.165) is 16.7 Å². The maximum atomic E-state index is 13.8. The van der Waals surface area contributed by atoms with Crippen LogP contribution < -0.4 is 14.4 Å². The summed E-state index contributed by atoms with van der Waals surface area (Å²) in [7, 11) is -2.38. The van der Waals surface area contributed by atoms with Crippen LogP contribution in [-0.2, 0) is 23.1 Å². The molecule has 0 aromatic heterocycles. The Hall–Kier alpha value is -3.62. The van der Waals surface area contributed by atoms with E-state index in [1.54, 1.807) is 42.5 Å². The molecule has 4 aromatic carbocycles. The minimum Gasteiger partial charge on any atom is -0.496 e. The van der Waals surface area contributed by atoms with Gasteiger partial charge in [0.1, 0.15) is 5.75 Å². The summed E-state index contributed by atoms with van der Waals surface area (Å²) in [5.41, 5.74) is 3.83. The smallest absolute Gasteiger partial charge is 0.264 e. The van der Waals surface area contributed by atoms with Crippen molar-refractivity contribution in [1.29, 1.82) is 0 Å². The monoisotopic (exact) mass is 578 g/mol. The number of methoxy groups -OCH3 is 1. The first-order chi connectivity index (χ1) is 17.8. The van der Waals surface area contributed by atoms with Crippen molar-refractivity contribution in [2.24, 2.45) is 0 Å². The van der Waals surface area contributed by atoms with Crippen molar-refractivity contribution in [1.82, 2.24) is 5.32 Å². The number of ether oxygens (including phenoxy) is 1. The SMILES string of the molecule is COc1ccc(S(=O)(=O)N(Cc2ccc(C(=O)NCc3ccccc3)cc2)c2ccc(C)cc2)cc1Br. The lowest BCUT2D eigenvalue weighted by atomic mass is 10.1. The molecule has 0 saturated heterocycles. The highest BCUT2D eigenvalue weighted by Crippen LogP contribution is 2.31. The van der Waals surface area contributed by atoms with Crippen molar-refractivity contribution >= 4 is 37.5 Å². The number of amides is 1. The average Bonchev–Trinajstić information content (AvgIpc) is 2.91. The number of benzene rings is 4. The molecule has 0 aliphatic heterocycles. The average molecular weight is 580 g/mol. The lowest BCUT2D eigenvalue weighted by molar-refractivity contribution is 0.0951. The summed E-state index contributed by atoms with van der Waals surface area (Å²) >= 11 is 3.38. The van der Waals surface area contributed by atoms with E-state index in [4.69, 9.17) is 4.74 Å². The van der Waals surface area contributed by atoms with Gasteiger partial charge in [-0.2, -0.15) is 0 Å². The first-order valence-corrected chi connectivity index (χ1v) is 13.9. The van der Waals surface area contributed by atoms with Crippen molar-refractivity contribution in [3.8, 4) is 5.75 Å². The fourth-order valence-electron chi connectivity index (χ4n) is 3.77. The van der Waals surface area contributed by atoms with E-state index in [1.165, 1.54) is 23.5 Å². The zero-order chi connectivity index (χ0) is 26.4. The molecular formula is C29H27BrN2O4S. The summed E-state index contributed by atoms with van der Waals surface area (Å²) < 4.78 is 34.7. The van der Waals surface area contributed by atoms with Crippen LogP contribution in [0.4, 0.5) is 5.69 Å². The highest BCUT2D eigenvalue weighted by Gasteiger charge is 2.26. The largest absolute Gasteiger partial charge is 0.496 e. The van der Waals surface area contributed by atoms with Crippen LogP contribution in [0.3, 0.4) is 0 Å². The number of sulfonamides is 1. The van der Waals surface area contributed by atoms with Crippen LogP contribution >= 0.6 is 15.9 Å². The van der Waals surface area contributed by atoms with Gasteiger partial charge in [0.25, 0.3) is 15.9 Å². The van der Waals surface area contributed by atoms with Crippen LogP contribution in [0.15, 0.2) is 106 Å². The Morgan fingerprint density at radius 1 is 0.892 bits per heavy atom. The van der Waals surface area contributed by atoms with E-state index in [1.807, 2.05) is 49.4 Å². The Labute approximate surface area is 226 Å². The molecule has 4 rings (SSSR count). The van der Waals surface area contributed by atoms with Crippen molar-refractivity contribution < 1.29 is 17.9 Å². The molecule has 190 valence electrons. The van der Waals surface area contributed by atoms with Crippen LogP contribution in [0, 0.1) is 6.92 Å². The molecule has 0 heterocycles. The lowest BCUT2D eigenvalue weighted by Crippen LogP contribution is -2.30. The van der Waals surface area contributed by atoms with Gasteiger partial charge in [0.2, 0.25) is 0 Å². The molecular weight excluding hydrogens is 552 g/mol. The summed E-state index contributed by atoms with van der Waals surface area (Å²) in [6, 6.07) is 28.7. The van der Waals surface area contributed by atoms with Gasteiger partial charge in [-0.3, -0.25) is 9.10 Å². The molecule has 1 N–H and O–H groups in total. The Morgan fingerprint density at radius 3 is 2.19 bits per heavy atom. The molecule has 8 heteroatoms. The number of anilines is 1. The normalized spacial score (nSPS) is 11.1. The standard InChI is InChI=1S/C29H27BrN2O4S/c1-21-8-14-25(15-9-21)32(37(34,35)26-16-17-28(36-2)27(30)18-26)20-23-10-12-24(13-11-23)29(33)31-19-22-6-4-3-5-7-22/h3-18H,19-20H2,1-2H3,(H,31,33). The number of aryl methyl sites for hydroxylation is 1. The number of halogens is 1. The summed E-state index contributed by atoms with van der Waals surface area (Å²) in [5, 5.41) is 2.91. The number of nitrogens with one attached hydrogen (secondary N) is 1. The number of hydrogen-bond donors (Lipinski definition) is 1. The van der Waals surface area contributed by atoms with Gasteiger partial charge in [-0.05, 0) is 76.4 Å². The van der Waals surface area contributed by atoms with Gasteiger partial charge in [-0.25, -0.2) is 8.42 Å². The highest BCUT2D eigenvalue weighted by molar-refractivity contribution is 9.10. The second-order valence-electron chi connectivity index (χ2n) is 8.51. The molecule has 37 heavy (non-hydrogen) atoms. The summed E-state index contributed by atoms with van der Waals surface area (Å²) in [6.07, 6.45) is 0. The fourth-order valence-corrected chi connectivity index (χ4v) is 5.94. The maximum Gasteiger partial charge on any atom is 0.264 e. The number of nitrogens with zero attached hydrogens (tertiary/aromatic N) is 1. The highest BCUT2D eigenvalue weighted by atomic mass is 79.9. The summed E-state index contributed by atoms with van der Waals surface area (Å²) in [6.45, 7) is 2.48. The predicted molar refractivity (Wildman–Crippen MR) is 149 cm³/mol. The lowest BCUT2D eigenvalue weighted by Gasteiger charge is -2.25. The van der Waals surface area contributed by atoms with Crippen molar-refractivity contribution in [3.63, 3.8) is 0 Å². The first kappa shape index (κ1) is 26.4. The van der Waals surface area contributed by atoms with Crippen molar-refractivity contribution in [2.75, 3.05) is 11.4 Å². The molecule has 0 aliphatic carbocycles.